The molecule has 0 amide bonds. The first-order valence-corrected chi connectivity index (χ1v) is 12.1. The van der Waals surface area contributed by atoms with Gasteiger partial charge in [-0.15, -0.1) is 0 Å². The molecule has 0 aliphatic carbocycles. The van der Waals surface area contributed by atoms with E-state index < -0.39 is 0 Å². The Morgan fingerprint density at radius 3 is 1.36 bits per heavy atom. The Bertz CT molecular complexity index is 90.1. The second kappa shape index (κ2) is 14.0. The van der Waals surface area contributed by atoms with E-state index in [4.69, 9.17) is 10.2 Å². The molecule has 0 saturated heterocycles. The Kier molecular flexibility index (Phi) is 14.9. The molecule has 2 nitrogen and oxygen atoms in total. The molecule has 0 aliphatic heterocycles. The Labute approximate surface area is 98.7 Å². The van der Waals surface area contributed by atoms with Crippen LogP contribution in [0.3, 0.4) is 0 Å². The predicted octanol–water partition coefficient (Wildman–Crippen LogP) is 1.47. The van der Waals surface area contributed by atoms with E-state index in [0.29, 0.717) is 13.2 Å². The summed E-state index contributed by atoms with van der Waals surface area (Å²) in [5, 5.41) is 20.0. The summed E-state index contributed by atoms with van der Waals surface area (Å²) < 4.78 is 0. The molecule has 0 aromatic rings. The average molecular weight is 332 g/mol. The molecule has 0 bridgehead atoms. The Hall–Kier alpha value is 0.959. The molecule has 0 atom stereocenters. The third-order valence-corrected chi connectivity index (χ3v) is 9.57. The van der Waals surface area contributed by atoms with E-state index in [9.17, 15) is 0 Å². The fourth-order valence-corrected chi connectivity index (χ4v) is 8.00. The molecule has 4 heteroatoms. The Balaban J connectivity index is 2.78. The van der Waals surface area contributed by atoms with E-state index in [1.54, 1.807) is 0 Å². The molecule has 86 valence electrons. The minimum atomic E-state index is 0.360. The van der Waals surface area contributed by atoms with E-state index >= 15 is 0 Å². The third-order valence-electron chi connectivity index (χ3n) is 1.85. The van der Waals surface area contributed by atoms with Crippen molar-refractivity contribution in [1.29, 1.82) is 0 Å². The van der Waals surface area contributed by atoms with Gasteiger partial charge in [-0.2, -0.15) is 0 Å². The van der Waals surface area contributed by atoms with Gasteiger partial charge in [0.25, 0.3) is 0 Å². The normalized spacial score (nSPS) is 10.7. The van der Waals surface area contributed by atoms with Crippen molar-refractivity contribution in [3.05, 3.63) is 0 Å². The second-order valence-corrected chi connectivity index (χ2v) is 11.1. The number of hydrogen-bond acceptors (Lipinski definition) is 2. The maximum absolute atomic E-state index is 8.58. The van der Waals surface area contributed by atoms with Crippen LogP contribution < -0.4 is 0 Å². The molecule has 0 unspecified atom stereocenters. The van der Waals surface area contributed by atoms with Gasteiger partial charge in [0.2, 0.25) is 0 Å². The van der Waals surface area contributed by atoms with Crippen molar-refractivity contribution in [2.45, 2.75) is 49.2 Å². The SMILES string of the molecule is OCCCCC[Se][Se]CCCCCO. The standard InChI is InChI=1S/C10H22O2Se2/c11-7-3-1-5-9-13-14-10-6-2-4-8-12/h11-12H,1-10H2. The number of aliphatic hydroxyl groups excluding tert-OH is 2. The molecule has 0 saturated carbocycles. The van der Waals surface area contributed by atoms with Crippen LogP contribution in [0.1, 0.15) is 38.5 Å². The number of unbranched alkanes of at least 4 members (excludes halogenated alkanes) is 4. The Morgan fingerprint density at radius 1 is 0.571 bits per heavy atom. The van der Waals surface area contributed by atoms with Gasteiger partial charge in [0.15, 0.2) is 0 Å². The van der Waals surface area contributed by atoms with Crippen LogP contribution in [0.5, 0.6) is 0 Å². The van der Waals surface area contributed by atoms with E-state index in [0.717, 1.165) is 39.1 Å². The first-order valence-electron chi connectivity index (χ1n) is 5.38. The van der Waals surface area contributed by atoms with Crippen molar-refractivity contribution in [3.63, 3.8) is 0 Å². The summed E-state index contributed by atoms with van der Waals surface area (Å²) in [7, 11) is 0. The van der Waals surface area contributed by atoms with Crippen molar-refractivity contribution in [2.24, 2.45) is 0 Å². The van der Waals surface area contributed by atoms with Gasteiger partial charge in [-0.1, -0.05) is 0 Å². The molecular formula is C10H22O2Se2. The zero-order valence-corrected chi connectivity index (χ0v) is 12.2. The topological polar surface area (TPSA) is 40.5 Å². The van der Waals surface area contributed by atoms with Crippen LogP contribution in [0.4, 0.5) is 0 Å². The maximum atomic E-state index is 8.58. The van der Waals surface area contributed by atoms with Crippen molar-refractivity contribution in [3.8, 4) is 0 Å². The van der Waals surface area contributed by atoms with Gasteiger partial charge in [-0.25, -0.2) is 0 Å². The van der Waals surface area contributed by atoms with Crippen LogP contribution in [-0.2, 0) is 0 Å². The fourth-order valence-electron chi connectivity index (χ4n) is 1.02. The summed E-state index contributed by atoms with van der Waals surface area (Å²) in [4.78, 5) is 0. The summed E-state index contributed by atoms with van der Waals surface area (Å²) in [6.45, 7) is 0.721. The molecule has 14 heavy (non-hydrogen) atoms. The van der Waals surface area contributed by atoms with Crippen LogP contribution >= 0.6 is 0 Å². The molecule has 0 aromatic heterocycles. The van der Waals surface area contributed by atoms with Gasteiger partial charge < -0.3 is 0 Å². The minimum absolute atomic E-state index is 0.360. The first kappa shape index (κ1) is 15.0. The molecule has 0 radical (unpaired) electrons. The van der Waals surface area contributed by atoms with Crippen molar-refractivity contribution < 1.29 is 10.2 Å². The van der Waals surface area contributed by atoms with Gasteiger partial charge in [0, 0.05) is 0 Å². The average Bonchev–Trinajstić information content (AvgIpc) is 2.21. The summed E-state index contributed by atoms with van der Waals surface area (Å²) in [6, 6.07) is 0. The summed E-state index contributed by atoms with van der Waals surface area (Å²) in [6.07, 6.45) is 7.02. The fraction of sp³-hybridized carbons (Fsp3) is 1.00. The number of aliphatic hydroxyl groups is 2. The molecule has 2 N–H and O–H groups in total. The number of rotatable bonds is 11. The van der Waals surface area contributed by atoms with E-state index in [-0.39, 0.29) is 0 Å². The molecule has 0 aromatic carbocycles. The predicted molar refractivity (Wildman–Crippen MR) is 63.0 cm³/mol. The van der Waals surface area contributed by atoms with Gasteiger partial charge in [-0.3, -0.25) is 0 Å². The third kappa shape index (κ3) is 13.0. The van der Waals surface area contributed by atoms with E-state index in [1.165, 1.54) is 36.3 Å². The van der Waals surface area contributed by atoms with Crippen LogP contribution in [0.15, 0.2) is 0 Å². The zero-order valence-electron chi connectivity index (χ0n) is 8.78. The van der Waals surface area contributed by atoms with Gasteiger partial charge in [-0.05, 0) is 0 Å². The van der Waals surface area contributed by atoms with E-state index in [2.05, 4.69) is 0 Å². The van der Waals surface area contributed by atoms with Crippen LogP contribution in [0, 0.1) is 0 Å². The molecule has 0 spiro atoms. The molecule has 0 rings (SSSR count). The zero-order chi connectivity index (χ0) is 10.5. The monoisotopic (exact) mass is 334 g/mol. The quantitative estimate of drug-likeness (QED) is 0.444. The molecule has 0 fully saturated rings. The molecule has 0 heterocycles. The molecular weight excluding hydrogens is 310 g/mol. The first-order chi connectivity index (χ1) is 6.91. The summed E-state index contributed by atoms with van der Waals surface area (Å²) in [5.74, 6) is 0. The van der Waals surface area contributed by atoms with Crippen molar-refractivity contribution in [1.82, 2.24) is 0 Å². The van der Waals surface area contributed by atoms with E-state index in [1.807, 2.05) is 0 Å². The Morgan fingerprint density at radius 2 is 1.00 bits per heavy atom. The van der Waals surface area contributed by atoms with Gasteiger partial charge in [0.1, 0.15) is 0 Å². The van der Waals surface area contributed by atoms with Gasteiger partial charge >= 0.3 is 98.9 Å². The van der Waals surface area contributed by atoms with Gasteiger partial charge in [0.05, 0.1) is 0 Å². The summed E-state index contributed by atoms with van der Waals surface area (Å²) >= 11 is 1.78. The van der Waals surface area contributed by atoms with Crippen molar-refractivity contribution in [2.75, 3.05) is 13.2 Å². The summed E-state index contributed by atoms with van der Waals surface area (Å²) in [5.41, 5.74) is 0. The van der Waals surface area contributed by atoms with Crippen molar-refractivity contribution >= 4 is 26.3 Å². The van der Waals surface area contributed by atoms with Crippen LogP contribution in [-0.4, -0.2) is 49.7 Å². The number of hydrogen-bond donors (Lipinski definition) is 2. The van der Waals surface area contributed by atoms with Crippen LogP contribution in [0.25, 0.3) is 0 Å². The second-order valence-electron chi connectivity index (χ2n) is 3.21. The van der Waals surface area contributed by atoms with Crippen LogP contribution in [0.2, 0.25) is 10.6 Å². The molecule has 0 aliphatic rings.